The van der Waals surface area contributed by atoms with Crippen LogP contribution in [0.1, 0.15) is 34.2 Å². The first-order valence-corrected chi connectivity index (χ1v) is 10.7. The zero-order valence-electron chi connectivity index (χ0n) is 16.3. The number of carbonyl (C=O) groups is 1. The SMILES string of the molecule is CCOC(=O)c1cc(C#N)c(SCc2csc(-c3ccc(OC)cc3)n2)nc1C. The number of carbonyl (C=O) groups excluding carboxylic acids is 1. The molecule has 0 fully saturated rings. The van der Waals surface area contributed by atoms with Gasteiger partial charge in [0.25, 0.3) is 0 Å². The van der Waals surface area contributed by atoms with Gasteiger partial charge in [0.05, 0.1) is 36.2 Å². The van der Waals surface area contributed by atoms with Crippen LogP contribution in [0.5, 0.6) is 5.75 Å². The molecule has 29 heavy (non-hydrogen) atoms. The highest BCUT2D eigenvalue weighted by Gasteiger charge is 2.17. The average Bonchev–Trinajstić information content (AvgIpc) is 3.21. The molecule has 0 amide bonds. The largest absolute Gasteiger partial charge is 0.497 e. The summed E-state index contributed by atoms with van der Waals surface area (Å²) >= 11 is 2.99. The number of pyridine rings is 1. The van der Waals surface area contributed by atoms with E-state index in [0.29, 0.717) is 27.6 Å². The minimum absolute atomic E-state index is 0.275. The fraction of sp³-hybridized carbons (Fsp3) is 0.238. The van der Waals surface area contributed by atoms with Crippen molar-refractivity contribution < 1.29 is 14.3 Å². The molecule has 0 aliphatic heterocycles. The lowest BCUT2D eigenvalue weighted by atomic mass is 10.1. The standard InChI is InChI=1S/C21H19N3O3S2/c1-4-27-21(25)18-9-15(10-22)20(23-13(18)2)29-12-16-11-28-19(24-16)14-5-7-17(26-3)8-6-14/h5-9,11H,4,12H2,1-3H3. The van der Waals surface area contributed by atoms with Gasteiger partial charge in [0.2, 0.25) is 0 Å². The molecule has 0 unspecified atom stereocenters. The van der Waals surface area contributed by atoms with Gasteiger partial charge in [0.1, 0.15) is 21.9 Å². The Morgan fingerprint density at radius 1 is 1.28 bits per heavy atom. The van der Waals surface area contributed by atoms with E-state index in [0.717, 1.165) is 22.0 Å². The van der Waals surface area contributed by atoms with Gasteiger partial charge in [-0.05, 0) is 44.2 Å². The van der Waals surface area contributed by atoms with Crippen LogP contribution in [-0.4, -0.2) is 29.7 Å². The predicted molar refractivity (Wildman–Crippen MR) is 113 cm³/mol. The van der Waals surface area contributed by atoms with E-state index in [1.54, 1.807) is 38.4 Å². The second-order valence-electron chi connectivity index (χ2n) is 5.97. The summed E-state index contributed by atoms with van der Waals surface area (Å²) in [6.45, 7) is 3.75. The number of benzene rings is 1. The maximum atomic E-state index is 12.0. The maximum Gasteiger partial charge on any atom is 0.340 e. The van der Waals surface area contributed by atoms with Crippen molar-refractivity contribution in [2.75, 3.05) is 13.7 Å². The third kappa shape index (κ3) is 4.94. The van der Waals surface area contributed by atoms with E-state index < -0.39 is 5.97 Å². The average molecular weight is 426 g/mol. The highest BCUT2D eigenvalue weighted by Crippen LogP contribution is 2.30. The highest BCUT2D eigenvalue weighted by atomic mass is 32.2. The van der Waals surface area contributed by atoms with Crippen LogP contribution in [0, 0.1) is 18.3 Å². The summed E-state index contributed by atoms with van der Waals surface area (Å²) in [5.41, 5.74) is 3.15. The number of thiazole rings is 1. The van der Waals surface area contributed by atoms with E-state index in [9.17, 15) is 10.1 Å². The molecule has 148 valence electrons. The summed E-state index contributed by atoms with van der Waals surface area (Å²) in [5, 5.41) is 13.0. The van der Waals surface area contributed by atoms with Gasteiger partial charge in [-0.3, -0.25) is 0 Å². The van der Waals surface area contributed by atoms with Crippen molar-refractivity contribution in [1.29, 1.82) is 5.26 Å². The van der Waals surface area contributed by atoms with Crippen molar-refractivity contribution in [3.63, 3.8) is 0 Å². The minimum Gasteiger partial charge on any atom is -0.497 e. The van der Waals surface area contributed by atoms with Gasteiger partial charge in [-0.25, -0.2) is 14.8 Å². The Morgan fingerprint density at radius 2 is 2.03 bits per heavy atom. The number of thioether (sulfide) groups is 1. The molecule has 8 heteroatoms. The van der Waals surface area contributed by atoms with E-state index >= 15 is 0 Å². The molecule has 0 bridgehead atoms. The molecule has 0 saturated carbocycles. The lowest BCUT2D eigenvalue weighted by Crippen LogP contribution is -2.09. The van der Waals surface area contributed by atoms with Crippen molar-refractivity contribution in [2.24, 2.45) is 0 Å². The second-order valence-corrected chi connectivity index (χ2v) is 7.79. The number of hydrogen-bond acceptors (Lipinski definition) is 8. The van der Waals surface area contributed by atoms with Crippen LogP contribution in [0.15, 0.2) is 40.7 Å². The maximum absolute atomic E-state index is 12.0. The van der Waals surface area contributed by atoms with Gasteiger partial charge in [0, 0.05) is 16.7 Å². The zero-order chi connectivity index (χ0) is 20.8. The molecule has 0 spiro atoms. The normalized spacial score (nSPS) is 10.4. The van der Waals surface area contributed by atoms with Gasteiger partial charge in [0.15, 0.2) is 0 Å². The number of aryl methyl sites for hydroxylation is 1. The van der Waals surface area contributed by atoms with E-state index in [1.807, 2.05) is 29.6 Å². The molecule has 0 saturated heterocycles. The fourth-order valence-electron chi connectivity index (χ4n) is 2.57. The summed E-state index contributed by atoms with van der Waals surface area (Å²) < 4.78 is 10.2. The van der Waals surface area contributed by atoms with Crippen LogP contribution in [0.4, 0.5) is 0 Å². The molecule has 0 N–H and O–H groups in total. The van der Waals surface area contributed by atoms with Gasteiger partial charge >= 0.3 is 5.97 Å². The summed E-state index contributed by atoms with van der Waals surface area (Å²) in [4.78, 5) is 21.1. The Bertz CT molecular complexity index is 1060. The topological polar surface area (TPSA) is 85.1 Å². The first-order chi connectivity index (χ1) is 14.0. The van der Waals surface area contributed by atoms with Crippen LogP contribution >= 0.6 is 23.1 Å². The molecule has 0 atom stereocenters. The van der Waals surface area contributed by atoms with Crippen LogP contribution < -0.4 is 4.74 Å². The smallest absolute Gasteiger partial charge is 0.340 e. The van der Waals surface area contributed by atoms with E-state index in [1.165, 1.54) is 11.8 Å². The van der Waals surface area contributed by atoms with Crippen molar-refractivity contribution >= 4 is 29.1 Å². The quantitative estimate of drug-likeness (QED) is 0.394. The van der Waals surface area contributed by atoms with Crippen molar-refractivity contribution in [2.45, 2.75) is 24.6 Å². The van der Waals surface area contributed by atoms with Crippen molar-refractivity contribution in [1.82, 2.24) is 9.97 Å². The lowest BCUT2D eigenvalue weighted by molar-refractivity contribution is 0.0524. The molecule has 6 nitrogen and oxygen atoms in total. The molecular formula is C21H19N3O3S2. The molecular weight excluding hydrogens is 406 g/mol. The summed E-state index contributed by atoms with van der Waals surface area (Å²) in [6, 6.07) is 11.4. The molecule has 2 heterocycles. The van der Waals surface area contributed by atoms with E-state index in [4.69, 9.17) is 9.47 Å². The Kier molecular flexibility index (Phi) is 6.86. The fourth-order valence-corrected chi connectivity index (χ4v) is 4.40. The third-order valence-electron chi connectivity index (χ3n) is 4.04. The van der Waals surface area contributed by atoms with Gasteiger partial charge in [-0.15, -0.1) is 11.3 Å². The first kappa shape index (κ1) is 20.8. The number of ether oxygens (including phenoxy) is 2. The number of methoxy groups -OCH3 is 1. The predicted octanol–water partition coefficient (Wildman–Crippen LogP) is 4.86. The Labute approximate surface area is 177 Å². The zero-order valence-corrected chi connectivity index (χ0v) is 17.9. The Hall–Kier alpha value is -2.89. The van der Waals surface area contributed by atoms with Crippen LogP contribution in [0.3, 0.4) is 0 Å². The molecule has 1 aromatic carbocycles. The second kappa shape index (κ2) is 9.54. The van der Waals surface area contributed by atoms with Crippen molar-refractivity contribution in [3.05, 3.63) is 58.2 Å². The number of esters is 1. The van der Waals surface area contributed by atoms with Gasteiger partial charge in [-0.1, -0.05) is 11.8 Å². The van der Waals surface area contributed by atoms with Crippen LogP contribution in [0.2, 0.25) is 0 Å². The lowest BCUT2D eigenvalue weighted by Gasteiger charge is -2.08. The summed E-state index contributed by atoms with van der Waals surface area (Å²) in [5.74, 6) is 0.916. The minimum atomic E-state index is -0.464. The summed E-state index contributed by atoms with van der Waals surface area (Å²) in [6.07, 6.45) is 0. The van der Waals surface area contributed by atoms with E-state index in [-0.39, 0.29) is 6.61 Å². The van der Waals surface area contributed by atoms with Gasteiger partial charge in [-0.2, -0.15) is 5.26 Å². The summed E-state index contributed by atoms with van der Waals surface area (Å²) in [7, 11) is 1.64. The monoisotopic (exact) mass is 425 g/mol. The number of aromatic nitrogens is 2. The number of nitrogens with zero attached hydrogens (tertiary/aromatic N) is 3. The third-order valence-corrected chi connectivity index (χ3v) is 6.00. The number of hydrogen-bond donors (Lipinski definition) is 0. The molecule has 3 rings (SSSR count). The Balaban J connectivity index is 1.74. The number of rotatable bonds is 7. The molecule has 3 aromatic rings. The Morgan fingerprint density at radius 3 is 2.69 bits per heavy atom. The molecule has 0 radical (unpaired) electrons. The molecule has 0 aliphatic carbocycles. The molecule has 0 aliphatic rings. The van der Waals surface area contributed by atoms with Crippen molar-refractivity contribution in [3.8, 4) is 22.4 Å². The molecule has 2 aromatic heterocycles. The first-order valence-electron chi connectivity index (χ1n) is 8.86. The number of nitriles is 1. The van der Waals surface area contributed by atoms with Crippen LogP contribution in [0.25, 0.3) is 10.6 Å². The highest BCUT2D eigenvalue weighted by molar-refractivity contribution is 7.98. The van der Waals surface area contributed by atoms with E-state index in [2.05, 4.69) is 16.0 Å². The van der Waals surface area contributed by atoms with Gasteiger partial charge < -0.3 is 9.47 Å². The van der Waals surface area contributed by atoms with Crippen LogP contribution in [-0.2, 0) is 10.5 Å².